The molecule has 0 amide bonds. The third kappa shape index (κ3) is 2.38. The van der Waals surface area contributed by atoms with Crippen molar-refractivity contribution in [2.24, 2.45) is 0 Å². The summed E-state index contributed by atoms with van der Waals surface area (Å²) in [4.78, 5) is 17.6. The normalized spacial score (nSPS) is 16.8. The molecule has 1 fully saturated rings. The Morgan fingerprint density at radius 3 is 2.96 bits per heavy atom. The Labute approximate surface area is 145 Å². The van der Waals surface area contributed by atoms with Gasteiger partial charge in [0.25, 0.3) is 0 Å². The molecule has 0 atom stereocenters. The van der Waals surface area contributed by atoms with Crippen LogP contribution in [0.3, 0.4) is 0 Å². The minimum absolute atomic E-state index is 0.397. The van der Waals surface area contributed by atoms with Crippen LogP contribution in [-0.2, 0) is 12.8 Å². The maximum Gasteiger partial charge on any atom is 0.164 e. The molecule has 3 aromatic rings. The van der Waals surface area contributed by atoms with Crippen LogP contribution in [0.1, 0.15) is 17.7 Å². The Bertz CT molecular complexity index is 930. The molecule has 0 unspecified atom stereocenters. The molecule has 1 aliphatic carbocycles. The second-order valence-electron chi connectivity index (χ2n) is 6.77. The van der Waals surface area contributed by atoms with Crippen LogP contribution in [0.15, 0.2) is 30.7 Å². The van der Waals surface area contributed by atoms with Gasteiger partial charge in [0.2, 0.25) is 0 Å². The van der Waals surface area contributed by atoms with Crippen molar-refractivity contribution in [1.82, 2.24) is 25.1 Å². The summed E-state index contributed by atoms with van der Waals surface area (Å²) in [7, 11) is 2.09. The SMILES string of the molecule is CN(c1ncnc2ncccc12)C1CN(c2cc3c(nn2)CCC3)C1. The average Bonchev–Trinajstić information content (AvgIpc) is 3.07. The van der Waals surface area contributed by atoms with Crippen molar-refractivity contribution in [3.63, 3.8) is 0 Å². The molecule has 0 bridgehead atoms. The quantitative estimate of drug-likeness (QED) is 0.721. The van der Waals surface area contributed by atoms with Crippen LogP contribution >= 0.6 is 0 Å². The van der Waals surface area contributed by atoms with E-state index in [4.69, 9.17) is 0 Å². The van der Waals surface area contributed by atoms with Gasteiger partial charge in [0.05, 0.1) is 17.1 Å². The first kappa shape index (κ1) is 14.5. The van der Waals surface area contributed by atoms with E-state index in [1.54, 1.807) is 12.5 Å². The van der Waals surface area contributed by atoms with Crippen LogP contribution < -0.4 is 9.80 Å². The molecule has 1 aliphatic heterocycles. The number of aryl methyl sites for hydroxylation is 2. The summed E-state index contributed by atoms with van der Waals surface area (Å²) in [6.07, 6.45) is 6.76. The minimum atomic E-state index is 0.397. The van der Waals surface area contributed by atoms with Crippen LogP contribution in [0.2, 0.25) is 0 Å². The van der Waals surface area contributed by atoms with Crippen LogP contribution in [0.25, 0.3) is 11.0 Å². The summed E-state index contributed by atoms with van der Waals surface area (Å²) in [5.74, 6) is 1.93. The van der Waals surface area contributed by atoms with E-state index < -0.39 is 0 Å². The molecule has 3 aromatic heterocycles. The highest BCUT2D eigenvalue weighted by atomic mass is 15.4. The first-order valence-electron chi connectivity index (χ1n) is 8.68. The first-order valence-corrected chi connectivity index (χ1v) is 8.68. The van der Waals surface area contributed by atoms with E-state index in [-0.39, 0.29) is 0 Å². The number of aromatic nitrogens is 5. The third-order valence-corrected chi connectivity index (χ3v) is 5.26. The second-order valence-corrected chi connectivity index (χ2v) is 6.77. The molecule has 0 radical (unpaired) electrons. The largest absolute Gasteiger partial charge is 0.352 e. The van der Waals surface area contributed by atoms with Crippen LogP contribution in [0.5, 0.6) is 0 Å². The Morgan fingerprint density at radius 2 is 2.04 bits per heavy atom. The molecular formula is C18H19N7. The topological polar surface area (TPSA) is 70.9 Å². The molecule has 0 spiro atoms. The van der Waals surface area contributed by atoms with Gasteiger partial charge < -0.3 is 9.80 Å². The predicted molar refractivity (Wildman–Crippen MR) is 95.8 cm³/mol. The molecule has 25 heavy (non-hydrogen) atoms. The lowest BCUT2D eigenvalue weighted by Gasteiger charge is -2.45. The summed E-state index contributed by atoms with van der Waals surface area (Å²) in [6, 6.07) is 6.57. The van der Waals surface area contributed by atoms with Gasteiger partial charge in [0, 0.05) is 26.3 Å². The lowest BCUT2D eigenvalue weighted by atomic mass is 10.1. The van der Waals surface area contributed by atoms with Crippen molar-refractivity contribution in [2.75, 3.05) is 29.9 Å². The number of likely N-dealkylation sites (N-methyl/N-ethyl adjacent to an activating group) is 1. The van der Waals surface area contributed by atoms with Gasteiger partial charge in [-0.05, 0) is 43.0 Å². The maximum absolute atomic E-state index is 4.48. The number of anilines is 2. The number of pyridine rings is 1. The van der Waals surface area contributed by atoms with Crippen molar-refractivity contribution < 1.29 is 0 Å². The van der Waals surface area contributed by atoms with Crippen LogP contribution in [0, 0.1) is 0 Å². The first-order chi connectivity index (χ1) is 12.3. The van der Waals surface area contributed by atoms with Crippen LogP contribution in [0.4, 0.5) is 11.6 Å². The van der Waals surface area contributed by atoms with Gasteiger partial charge in [0.1, 0.15) is 12.1 Å². The van der Waals surface area contributed by atoms with Gasteiger partial charge >= 0.3 is 0 Å². The number of fused-ring (bicyclic) bond motifs is 2. The smallest absolute Gasteiger partial charge is 0.164 e. The van der Waals surface area contributed by atoms with E-state index in [2.05, 4.69) is 48.1 Å². The molecule has 5 rings (SSSR count). The van der Waals surface area contributed by atoms with E-state index in [0.29, 0.717) is 6.04 Å². The van der Waals surface area contributed by atoms with Gasteiger partial charge in [-0.2, -0.15) is 5.10 Å². The van der Waals surface area contributed by atoms with Crippen molar-refractivity contribution in [3.05, 3.63) is 42.0 Å². The van der Waals surface area contributed by atoms with E-state index >= 15 is 0 Å². The van der Waals surface area contributed by atoms with Crippen molar-refractivity contribution in [3.8, 4) is 0 Å². The number of rotatable bonds is 3. The molecule has 126 valence electrons. The minimum Gasteiger partial charge on any atom is -0.352 e. The van der Waals surface area contributed by atoms with Crippen LogP contribution in [-0.4, -0.2) is 51.3 Å². The maximum atomic E-state index is 4.48. The third-order valence-electron chi connectivity index (χ3n) is 5.26. The highest BCUT2D eigenvalue weighted by molar-refractivity contribution is 5.86. The van der Waals surface area contributed by atoms with Gasteiger partial charge in [-0.15, -0.1) is 5.10 Å². The van der Waals surface area contributed by atoms with Gasteiger partial charge in [-0.3, -0.25) is 0 Å². The molecule has 7 nitrogen and oxygen atoms in total. The molecule has 0 saturated carbocycles. The van der Waals surface area contributed by atoms with E-state index in [9.17, 15) is 0 Å². The summed E-state index contributed by atoms with van der Waals surface area (Å²) in [6.45, 7) is 1.85. The zero-order valence-corrected chi connectivity index (χ0v) is 14.1. The van der Waals surface area contributed by atoms with E-state index in [1.807, 2.05) is 12.1 Å². The Balaban J connectivity index is 1.34. The molecule has 1 saturated heterocycles. The number of nitrogens with zero attached hydrogens (tertiary/aromatic N) is 7. The molecule has 4 heterocycles. The Morgan fingerprint density at radius 1 is 1.12 bits per heavy atom. The van der Waals surface area contributed by atoms with Crippen molar-refractivity contribution >= 4 is 22.7 Å². The van der Waals surface area contributed by atoms with E-state index in [1.165, 1.54) is 17.7 Å². The van der Waals surface area contributed by atoms with Gasteiger partial charge in [0.15, 0.2) is 11.5 Å². The highest BCUT2D eigenvalue weighted by Crippen LogP contribution is 2.29. The Kier molecular flexibility index (Phi) is 3.26. The fraction of sp³-hybridized carbons (Fsp3) is 0.389. The molecule has 2 aliphatic rings. The van der Waals surface area contributed by atoms with Gasteiger partial charge in [-0.25, -0.2) is 15.0 Å². The molecule has 0 N–H and O–H groups in total. The summed E-state index contributed by atoms with van der Waals surface area (Å²) in [5.41, 5.74) is 3.28. The fourth-order valence-corrected chi connectivity index (χ4v) is 3.70. The standard InChI is InChI=1S/C18H19N7/c1-24(18-14-5-3-7-19-17(14)20-11-21-18)13-9-25(10-13)16-8-12-4-2-6-15(12)22-23-16/h3,5,7-8,11,13H,2,4,6,9-10H2,1H3. The van der Waals surface area contributed by atoms with Crippen molar-refractivity contribution in [1.29, 1.82) is 0 Å². The monoisotopic (exact) mass is 333 g/mol. The summed E-state index contributed by atoms with van der Waals surface area (Å²) in [5, 5.41) is 9.80. The zero-order chi connectivity index (χ0) is 16.8. The lowest BCUT2D eigenvalue weighted by Crippen LogP contribution is -2.59. The molecular weight excluding hydrogens is 314 g/mol. The zero-order valence-electron chi connectivity index (χ0n) is 14.1. The Hall–Kier alpha value is -2.83. The second kappa shape index (κ2) is 5.61. The fourth-order valence-electron chi connectivity index (χ4n) is 3.70. The summed E-state index contributed by atoms with van der Waals surface area (Å²) >= 11 is 0. The lowest BCUT2D eigenvalue weighted by molar-refractivity contribution is 0.488. The summed E-state index contributed by atoms with van der Waals surface area (Å²) < 4.78 is 0. The van der Waals surface area contributed by atoms with Gasteiger partial charge in [-0.1, -0.05) is 0 Å². The van der Waals surface area contributed by atoms with E-state index in [0.717, 1.165) is 48.6 Å². The number of hydrogen-bond donors (Lipinski definition) is 0. The molecule has 7 heteroatoms. The number of hydrogen-bond acceptors (Lipinski definition) is 7. The van der Waals surface area contributed by atoms with Crippen molar-refractivity contribution in [2.45, 2.75) is 25.3 Å². The molecule has 0 aromatic carbocycles. The predicted octanol–water partition coefficient (Wildman–Crippen LogP) is 1.63. The average molecular weight is 333 g/mol. The highest BCUT2D eigenvalue weighted by Gasteiger charge is 2.33.